The minimum Gasteiger partial charge on any atom is -0.495 e. The molecule has 0 radical (unpaired) electrons. The van der Waals surface area contributed by atoms with Crippen LogP contribution < -0.4 is 15.0 Å². The zero-order valence-corrected chi connectivity index (χ0v) is 19.0. The molecule has 1 spiro atoms. The van der Waals surface area contributed by atoms with E-state index in [0.29, 0.717) is 23.7 Å². The van der Waals surface area contributed by atoms with Crippen LogP contribution in [-0.2, 0) is 22.0 Å². The lowest BCUT2D eigenvalue weighted by Crippen LogP contribution is -2.44. The number of hydrogen-bond acceptors (Lipinski definition) is 5. The standard InChI is InChI=1S/C24H28N4O3S/c1-31-22-7-6-17(14-21(22)27-12-10-25-11-13-27)32(29,30)28-15-20-23(24(16-28)8-9-24)18-4-2-3-5-19(18)26-20/h2-7,14,25-26H,8-13,15-16H2,1H3. The van der Waals surface area contributed by atoms with E-state index >= 15 is 0 Å². The third kappa shape index (κ3) is 3.04. The van der Waals surface area contributed by atoms with Crippen LogP contribution in [0.3, 0.4) is 0 Å². The van der Waals surface area contributed by atoms with Gasteiger partial charge < -0.3 is 19.9 Å². The first-order valence-corrected chi connectivity index (χ1v) is 12.7. The van der Waals surface area contributed by atoms with E-state index in [2.05, 4.69) is 33.4 Å². The summed E-state index contributed by atoms with van der Waals surface area (Å²) in [5, 5.41) is 4.58. The molecule has 2 aliphatic heterocycles. The highest BCUT2D eigenvalue weighted by Crippen LogP contribution is 2.55. The summed E-state index contributed by atoms with van der Waals surface area (Å²) < 4.78 is 34.8. The first-order chi connectivity index (χ1) is 15.5. The van der Waals surface area contributed by atoms with E-state index in [1.54, 1.807) is 29.6 Å². The topological polar surface area (TPSA) is 77.7 Å². The fourth-order valence-corrected chi connectivity index (χ4v) is 6.95. The Morgan fingerprint density at radius 1 is 1.06 bits per heavy atom. The van der Waals surface area contributed by atoms with Crippen LogP contribution in [0.4, 0.5) is 5.69 Å². The highest BCUT2D eigenvalue weighted by molar-refractivity contribution is 7.89. The number of nitrogens with one attached hydrogen (secondary N) is 2. The highest BCUT2D eigenvalue weighted by Gasteiger charge is 2.53. The van der Waals surface area contributed by atoms with Gasteiger partial charge in [-0.05, 0) is 42.7 Å². The van der Waals surface area contributed by atoms with Crippen LogP contribution in [0, 0.1) is 0 Å². The summed E-state index contributed by atoms with van der Waals surface area (Å²) in [6.45, 7) is 4.31. The molecule has 3 heterocycles. The van der Waals surface area contributed by atoms with Gasteiger partial charge >= 0.3 is 0 Å². The van der Waals surface area contributed by atoms with Crippen molar-refractivity contribution < 1.29 is 13.2 Å². The van der Waals surface area contributed by atoms with Crippen molar-refractivity contribution in [3.63, 3.8) is 0 Å². The Balaban J connectivity index is 1.39. The Morgan fingerprint density at radius 3 is 2.59 bits per heavy atom. The van der Waals surface area contributed by atoms with Crippen LogP contribution >= 0.6 is 0 Å². The van der Waals surface area contributed by atoms with Crippen molar-refractivity contribution in [2.24, 2.45) is 0 Å². The van der Waals surface area contributed by atoms with Gasteiger partial charge in [-0.15, -0.1) is 0 Å². The Hall–Kier alpha value is -2.55. The number of para-hydroxylation sites is 1. The minimum absolute atomic E-state index is 0.0614. The Morgan fingerprint density at radius 2 is 1.84 bits per heavy atom. The van der Waals surface area contributed by atoms with E-state index in [4.69, 9.17) is 4.74 Å². The Labute approximate surface area is 188 Å². The largest absolute Gasteiger partial charge is 0.495 e. The molecule has 0 unspecified atom stereocenters. The third-order valence-corrected chi connectivity index (χ3v) is 9.01. The summed E-state index contributed by atoms with van der Waals surface area (Å²) >= 11 is 0. The third-order valence-electron chi connectivity index (χ3n) is 7.23. The lowest BCUT2D eigenvalue weighted by Gasteiger charge is -2.34. The van der Waals surface area contributed by atoms with E-state index in [1.165, 1.54) is 10.9 Å². The fraction of sp³-hybridized carbons (Fsp3) is 0.417. The van der Waals surface area contributed by atoms with Crippen LogP contribution in [0.5, 0.6) is 5.75 Å². The average molecular weight is 453 g/mol. The van der Waals surface area contributed by atoms with E-state index in [-0.39, 0.29) is 5.41 Å². The molecule has 2 fully saturated rings. The molecule has 0 amide bonds. The second-order valence-electron chi connectivity index (χ2n) is 9.15. The summed E-state index contributed by atoms with van der Waals surface area (Å²) in [6, 6.07) is 13.6. The molecule has 32 heavy (non-hydrogen) atoms. The predicted octanol–water partition coefficient (Wildman–Crippen LogP) is 2.82. The molecule has 2 aromatic carbocycles. The number of aromatic nitrogens is 1. The zero-order chi connectivity index (χ0) is 21.9. The first-order valence-electron chi connectivity index (χ1n) is 11.3. The summed E-state index contributed by atoms with van der Waals surface area (Å²) in [5.74, 6) is 0.709. The van der Waals surface area contributed by atoms with Gasteiger partial charge in [0.05, 0.1) is 24.2 Å². The highest BCUT2D eigenvalue weighted by atomic mass is 32.2. The maximum absolute atomic E-state index is 13.8. The lowest BCUT2D eigenvalue weighted by atomic mass is 9.90. The van der Waals surface area contributed by atoms with Crippen LogP contribution in [0.1, 0.15) is 24.1 Å². The zero-order valence-electron chi connectivity index (χ0n) is 18.2. The number of H-pyrrole nitrogens is 1. The average Bonchev–Trinajstić information content (AvgIpc) is 3.47. The molecular formula is C24H28N4O3S. The molecule has 1 aromatic heterocycles. The Kier molecular flexibility index (Phi) is 4.54. The van der Waals surface area contributed by atoms with Gasteiger partial charge in [0.25, 0.3) is 0 Å². The number of piperazine rings is 1. The molecule has 0 bridgehead atoms. The molecule has 1 aliphatic carbocycles. The lowest BCUT2D eigenvalue weighted by molar-refractivity contribution is 0.342. The van der Waals surface area contributed by atoms with Crippen molar-refractivity contribution >= 4 is 26.6 Å². The molecule has 1 saturated carbocycles. The summed E-state index contributed by atoms with van der Waals surface area (Å²) in [6.07, 6.45) is 2.06. The number of fused-ring (bicyclic) bond motifs is 4. The van der Waals surface area contributed by atoms with Gasteiger partial charge in [0.15, 0.2) is 0 Å². The molecule has 6 rings (SSSR count). The molecule has 2 N–H and O–H groups in total. The smallest absolute Gasteiger partial charge is 0.243 e. The van der Waals surface area contributed by atoms with Crippen LogP contribution in [-0.4, -0.2) is 57.5 Å². The van der Waals surface area contributed by atoms with Crippen molar-refractivity contribution in [1.29, 1.82) is 0 Å². The van der Waals surface area contributed by atoms with Gasteiger partial charge in [-0.25, -0.2) is 8.42 Å². The number of rotatable bonds is 4. The molecule has 3 aromatic rings. The van der Waals surface area contributed by atoms with Gasteiger partial charge in [0.2, 0.25) is 10.0 Å². The second kappa shape index (κ2) is 7.23. The number of anilines is 1. The maximum Gasteiger partial charge on any atom is 0.243 e. The van der Waals surface area contributed by atoms with Gasteiger partial charge in [0, 0.05) is 54.7 Å². The molecule has 7 nitrogen and oxygen atoms in total. The van der Waals surface area contributed by atoms with Crippen LogP contribution in [0.15, 0.2) is 47.4 Å². The van der Waals surface area contributed by atoms with E-state index in [0.717, 1.165) is 55.9 Å². The fourth-order valence-electron chi connectivity index (χ4n) is 5.43. The van der Waals surface area contributed by atoms with Gasteiger partial charge in [-0.1, -0.05) is 18.2 Å². The maximum atomic E-state index is 13.8. The van der Waals surface area contributed by atoms with Crippen LogP contribution in [0.25, 0.3) is 10.9 Å². The van der Waals surface area contributed by atoms with Gasteiger partial charge in [-0.2, -0.15) is 4.31 Å². The first kappa shape index (κ1) is 20.1. The number of nitrogens with zero attached hydrogens (tertiary/aromatic N) is 2. The molecule has 1 saturated heterocycles. The van der Waals surface area contributed by atoms with E-state index in [1.807, 2.05) is 6.07 Å². The van der Waals surface area contributed by atoms with Gasteiger partial charge in [-0.3, -0.25) is 0 Å². The van der Waals surface area contributed by atoms with Crippen molar-refractivity contribution in [3.8, 4) is 5.75 Å². The number of ether oxygens (including phenoxy) is 1. The monoisotopic (exact) mass is 452 g/mol. The minimum atomic E-state index is -3.64. The van der Waals surface area contributed by atoms with Crippen molar-refractivity contribution in [2.75, 3.05) is 44.7 Å². The van der Waals surface area contributed by atoms with E-state index in [9.17, 15) is 8.42 Å². The Bertz CT molecular complexity index is 1290. The van der Waals surface area contributed by atoms with Crippen molar-refractivity contribution in [1.82, 2.24) is 14.6 Å². The quantitative estimate of drug-likeness (QED) is 0.637. The number of hydrogen-bond donors (Lipinski definition) is 2. The number of aromatic amines is 1. The molecular weight excluding hydrogens is 424 g/mol. The van der Waals surface area contributed by atoms with E-state index < -0.39 is 10.0 Å². The molecule has 0 atom stereocenters. The SMILES string of the molecule is COc1ccc(S(=O)(=O)N2Cc3[nH]c4ccccc4c3C3(CC3)C2)cc1N1CCNCC1. The normalized spacial score (nSPS) is 20.5. The molecule has 168 valence electrons. The number of benzene rings is 2. The molecule has 8 heteroatoms. The summed E-state index contributed by atoms with van der Waals surface area (Å²) in [5.41, 5.74) is 4.24. The number of methoxy groups -OCH3 is 1. The van der Waals surface area contributed by atoms with Crippen molar-refractivity contribution in [2.45, 2.75) is 29.7 Å². The number of sulfonamides is 1. The van der Waals surface area contributed by atoms with Gasteiger partial charge in [0.1, 0.15) is 5.75 Å². The summed E-state index contributed by atoms with van der Waals surface area (Å²) in [7, 11) is -2.01. The second-order valence-corrected chi connectivity index (χ2v) is 11.1. The van der Waals surface area contributed by atoms with Crippen LogP contribution in [0.2, 0.25) is 0 Å². The summed E-state index contributed by atoms with van der Waals surface area (Å²) in [4.78, 5) is 6.04. The molecule has 3 aliphatic rings. The predicted molar refractivity (Wildman–Crippen MR) is 125 cm³/mol. The van der Waals surface area contributed by atoms with Crippen molar-refractivity contribution in [3.05, 3.63) is 53.7 Å².